The van der Waals surface area contributed by atoms with Crippen LogP contribution >= 0.6 is 24.0 Å². The van der Waals surface area contributed by atoms with Gasteiger partial charge in [0.2, 0.25) is 0 Å². The molecule has 2 aromatic carbocycles. The molecule has 0 amide bonds. The molecule has 2 atom stereocenters. The molecule has 2 fully saturated rings. The van der Waals surface area contributed by atoms with Gasteiger partial charge in [-0.15, -0.1) is 12.4 Å². The van der Waals surface area contributed by atoms with E-state index in [2.05, 4.69) is 4.90 Å². The Bertz CT molecular complexity index is 705. The number of nitrogens with zero attached hydrogens (tertiary/aromatic N) is 1. The van der Waals surface area contributed by atoms with Crippen LogP contribution in [0.25, 0.3) is 0 Å². The molecule has 2 nitrogen and oxygen atoms in total. The minimum atomic E-state index is -0.768. The standard InChI is InChI=1S/C20H21ClFNO.ClH/c21-16-5-3-15(4-6-16)20(24)11-18-9-10-19(12-20)23(18)13-14-1-7-17(22)8-2-14;/h1-8,18-19,24H,9-13H2;1H. The Labute approximate surface area is 159 Å². The summed E-state index contributed by atoms with van der Waals surface area (Å²) in [6.07, 6.45) is 3.71. The first-order valence-electron chi connectivity index (χ1n) is 8.52. The summed E-state index contributed by atoms with van der Waals surface area (Å²) in [5.41, 5.74) is 1.32. The van der Waals surface area contributed by atoms with Crippen molar-refractivity contribution >= 4 is 24.0 Å². The number of halogens is 3. The fourth-order valence-corrected chi connectivity index (χ4v) is 4.50. The second-order valence-corrected chi connectivity index (χ2v) is 7.57. The minimum Gasteiger partial charge on any atom is -0.385 e. The van der Waals surface area contributed by atoms with Gasteiger partial charge in [-0.25, -0.2) is 4.39 Å². The molecule has 0 radical (unpaired) electrons. The zero-order valence-electron chi connectivity index (χ0n) is 13.9. The second kappa shape index (κ2) is 7.24. The number of piperidine rings is 1. The van der Waals surface area contributed by atoms with Gasteiger partial charge in [0.05, 0.1) is 5.60 Å². The molecular weight excluding hydrogens is 360 g/mol. The predicted molar refractivity (Wildman–Crippen MR) is 101 cm³/mol. The average Bonchev–Trinajstić information content (AvgIpc) is 2.81. The highest BCUT2D eigenvalue weighted by Gasteiger charge is 2.48. The summed E-state index contributed by atoms with van der Waals surface area (Å²) in [4.78, 5) is 2.48. The normalized spacial score (nSPS) is 28.6. The summed E-state index contributed by atoms with van der Waals surface area (Å²) >= 11 is 5.97. The first-order chi connectivity index (χ1) is 11.5. The lowest BCUT2D eigenvalue weighted by atomic mass is 9.80. The van der Waals surface area contributed by atoms with Gasteiger partial charge < -0.3 is 5.11 Å². The van der Waals surface area contributed by atoms with Crippen molar-refractivity contribution in [2.45, 2.75) is 49.9 Å². The van der Waals surface area contributed by atoms with Crippen LogP contribution in [0.3, 0.4) is 0 Å². The molecule has 5 heteroatoms. The van der Waals surface area contributed by atoms with Gasteiger partial charge in [0.1, 0.15) is 5.82 Å². The smallest absolute Gasteiger partial charge is 0.123 e. The maximum Gasteiger partial charge on any atom is 0.123 e. The van der Waals surface area contributed by atoms with Crippen molar-refractivity contribution in [2.75, 3.05) is 0 Å². The van der Waals surface area contributed by atoms with Gasteiger partial charge in [-0.05, 0) is 61.1 Å². The van der Waals surface area contributed by atoms with Crippen LogP contribution in [-0.4, -0.2) is 22.1 Å². The first-order valence-corrected chi connectivity index (χ1v) is 8.90. The van der Waals surface area contributed by atoms with Gasteiger partial charge in [0, 0.05) is 23.7 Å². The highest BCUT2D eigenvalue weighted by molar-refractivity contribution is 6.30. The number of aliphatic hydroxyl groups is 1. The molecular formula is C20H22Cl2FNO. The Morgan fingerprint density at radius 2 is 1.56 bits per heavy atom. The zero-order chi connectivity index (χ0) is 16.7. The maximum absolute atomic E-state index is 13.1. The molecule has 2 aromatic rings. The van der Waals surface area contributed by atoms with Crippen LogP contribution in [0.2, 0.25) is 5.02 Å². The minimum absolute atomic E-state index is 0. The predicted octanol–water partition coefficient (Wildman–Crippen LogP) is 4.92. The SMILES string of the molecule is Cl.OC1(c2ccc(Cl)cc2)CC2CCC(C1)N2Cc1ccc(F)cc1. The van der Waals surface area contributed by atoms with E-state index in [4.69, 9.17) is 11.6 Å². The van der Waals surface area contributed by atoms with E-state index in [-0.39, 0.29) is 18.2 Å². The van der Waals surface area contributed by atoms with Crippen molar-refractivity contribution in [2.24, 2.45) is 0 Å². The van der Waals surface area contributed by atoms with Crippen LogP contribution in [0.1, 0.15) is 36.8 Å². The third kappa shape index (κ3) is 3.70. The van der Waals surface area contributed by atoms with Crippen molar-refractivity contribution in [3.05, 3.63) is 70.5 Å². The van der Waals surface area contributed by atoms with Gasteiger partial charge in [0.25, 0.3) is 0 Å². The quantitative estimate of drug-likeness (QED) is 0.815. The number of fused-ring (bicyclic) bond motifs is 2. The monoisotopic (exact) mass is 381 g/mol. The first kappa shape index (κ1) is 18.7. The van der Waals surface area contributed by atoms with Gasteiger partial charge in [-0.3, -0.25) is 4.90 Å². The molecule has 2 heterocycles. The molecule has 2 unspecified atom stereocenters. The molecule has 0 saturated carbocycles. The van der Waals surface area contributed by atoms with Gasteiger partial charge in [-0.2, -0.15) is 0 Å². The van der Waals surface area contributed by atoms with E-state index in [0.29, 0.717) is 17.1 Å². The summed E-state index contributed by atoms with van der Waals surface area (Å²) in [5.74, 6) is -0.197. The summed E-state index contributed by atoms with van der Waals surface area (Å²) in [5, 5.41) is 11.9. The maximum atomic E-state index is 13.1. The van der Waals surface area contributed by atoms with Crippen LogP contribution in [0.15, 0.2) is 48.5 Å². The van der Waals surface area contributed by atoms with Crippen LogP contribution in [0.5, 0.6) is 0 Å². The molecule has 2 bridgehead atoms. The van der Waals surface area contributed by atoms with Crippen molar-refractivity contribution in [1.29, 1.82) is 0 Å². The second-order valence-electron chi connectivity index (χ2n) is 7.13. The third-order valence-corrected chi connectivity index (χ3v) is 5.83. The van der Waals surface area contributed by atoms with Crippen molar-refractivity contribution in [1.82, 2.24) is 4.90 Å². The summed E-state index contributed by atoms with van der Waals surface area (Å²) in [6, 6.07) is 15.1. The fraction of sp³-hybridized carbons (Fsp3) is 0.400. The molecule has 2 aliphatic rings. The lowest BCUT2D eigenvalue weighted by molar-refractivity contribution is -0.0595. The molecule has 0 aromatic heterocycles. The number of rotatable bonds is 3. The largest absolute Gasteiger partial charge is 0.385 e. The molecule has 2 aliphatic heterocycles. The van der Waals surface area contributed by atoms with Crippen LogP contribution in [0, 0.1) is 5.82 Å². The number of hydrogen-bond acceptors (Lipinski definition) is 2. The van der Waals surface area contributed by atoms with Crippen LogP contribution in [0.4, 0.5) is 4.39 Å². The highest BCUT2D eigenvalue weighted by Crippen LogP contribution is 2.46. The summed E-state index contributed by atoms with van der Waals surface area (Å²) < 4.78 is 13.1. The number of benzene rings is 2. The third-order valence-electron chi connectivity index (χ3n) is 5.58. The molecule has 25 heavy (non-hydrogen) atoms. The van der Waals surface area contributed by atoms with E-state index in [0.717, 1.165) is 43.4 Å². The molecule has 0 spiro atoms. The zero-order valence-corrected chi connectivity index (χ0v) is 15.4. The van der Waals surface area contributed by atoms with Gasteiger partial charge in [-0.1, -0.05) is 35.9 Å². The molecule has 2 saturated heterocycles. The molecule has 4 rings (SSSR count). The van der Waals surface area contributed by atoms with Crippen LogP contribution in [-0.2, 0) is 12.1 Å². The van der Waals surface area contributed by atoms with E-state index < -0.39 is 5.60 Å². The van der Waals surface area contributed by atoms with E-state index in [1.54, 1.807) is 0 Å². The Balaban J connectivity index is 0.00000182. The molecule has 134 valence electrons. The average molecular weight is 382 g/mol. The van der Waals surface area contributed by atoms with Gasteiger partial charge >= 0.3 is 0 Å². The van der Waals surface area contributed by atoms with Crippen molar-refractivity contribution < 1.29 is 9.50 Å². The van der Waals surface area contributed by atoms with E-state index in [1.807, 2.05) is 36.4 Å². The number of hydrogen-bond donors (Lipinski definition) is 1. The Morgan fingerprint density at radius 1 is 1.00 bits per heavy atom. The fourth-order valence-electron chi connectivity index (χ4n) is 4.37. The highest BCUT2D eigenvalue weighted by atomic mass is 35.5. The Hall–Kier alpha value is -1.13. The molecule has 1 N–H and O–H groups in total. The summed E-state index contributed by atoms with van der Waals surface area (Å²) in [7, 11) is 0. The van der Waals surface area contributed by atoms with E-state index in [1.165, 1.54) is 12.1 Å². The summed E-state index contributed by atoms with van der Waals surface area (Å²) in [6.45, 7) is 0.826. The van der Waals surface area contributed by atoms with Crippen molar-refractivity contribution in [3.63, 3.8) is 0 Å². The van der Waals surface area contributed by atoms with E-state index >= 15 is 0 Å². The topological polar surface area (TPSA) is 23.5 Å². The van der Waals surface area contributed by atoms with E-state index in [9.17, 15) is 9.50 Å². The van der Waals surface area contributed by atoms with Crippen LogP contribution < -0.4 is 0 Å². The Morgan fingerprint density at radius 3 is 2.12 bits per heavy atom. The Kier molecular flexibility index (Phi) is 5.40. The molecule has 0 aliphatic carbocycles. The lowest BCUT2D eigenvalue weighted by Gasteiger charge is -2.44. The van der Waals surface area contributed by atoms with Crippen molar-refractivity contribution in [3.8, 4) is 0 Å². The lowest BCUT2D eigenvalue weighted by Crippen LogP contribution is -2.49. The van der Waals surface area contributed by atoms with Gasteiger partial charge in [0.15, 0.2) is 0 Å².